The fraction of sp³-hybridized carbons (Fsp3) is 0.786. The SMILES string of the molecule is CC1CC(c2cnn(C(C)(C)C)c2)CC(C)N1. The molecule has 1 fully saturated rings. The van der Waals surface area contributed by atoms with Gasteiger partial charge in [-0.15, -0.1) is 0 Å². The number of nitrogens with zero attached hydrogens (tertiary/aromatic N) is 2. The number of piperidine rings is 1. The number of rotatable bonds is 1. The van der Waals surface area contributed by atoms with E-state index in [0.717, 1.165) is 0 Å². The van der Waals surface area contributed by atoms with Crippen molar-refractivity contribution in [3.63, 3.8) is 0 Å². The van der Waals surface area contributed by atoms with E-state index in [2.05, 4.69) is 62.1 Å². The molecule has 0 saturated carbocycles. The summed E-state index contributed by atoms with van der Waals surface area (Å²) in [6.45, 7) is 11.1. The average molecular weight is 235 g/mol. The van der Waals surface area contributed by atoms with Crippen LogP contribution in [0.15, 0.2) is 12.4 Å². The number of nitrogens with one attached hydrogen (secondary N) is 1. The quantitative estimate of drug-likeness (QED) is 0.811. The molecule has 3 heteroatoms. The fourth-order valence-corrected chi connectivity index (χ4v) is 2.76. The monoisotopic (exact) mass is 235 g/mol. The van der Waals surface area contributed by atoms with E-state index in [1.54, 1.807) is 0 Å². The highest BCUT2D eigenvalue weighted by atomic mass is 15.3. The summed E-state index contributed by atoms with van der Waals surface area (Å²) in [4.78, 5) is 0. The lowest BCUT2D eigenvalue weighted by Gasteiger charge is -2.32. The standard InChI is InChI=1S/C14H25N3/c1-10-6-12(7-11(2)16-10)13-8-15-17(9-13)14(3,4)5/h8-12,16H,6-7H2,1-5H3. The molecule has 0 aromatic carbocycles. The summed E-state index contributed by atoms with van der Waals surface area (Å²) in [5, 5.41) is 8.10. The molecule has 1 aliphatic heterocycles. The molecule has 0 aliphatic carbocycles. The zero-order valence-electron chi connectivity index (χ0n) is 11.7. The smallest absolute Gasteiger partial charge is 0.0543 e. The lowest BCUT2D eigenvalue weighted by molar-refractivity contribution is 0.315. The molecule has 2 rings (SSSR count). The van der Waals surface area contributed by atoms with E-state index in [4.69, 9.17) is 0 Å². The second-order valence-electron chi connectivity index (χ2n) is 6.53. The van der Waals surface area contributed by atoms with E-state index in [0.29, 0.717) is 18.0 Å². The van der Waals surface area contributed by atoms with Crippen molar-refractivity contribution in [3.8, 4) is 0 Å². The van der Waals surface area contributed by atoms with Crippen LogP contribution in [0.5, 0.6) is 0 Å². The van der Waals surface area contributed by atoms with E-state index in [9.17, 15) is 0 Å². The zero-order chi connectivity index (χ0) is 12.6. The second kappa shape index (κ2) is 4.45. The Morgan fingerprint density at radius 3 is 2.29 bits per heavy atom. The van der Waals surface area contributed by atoms with E-state index in [-0.39, 0.29) is 5.54 Å². The van der Waals surface area contributed by atoms with Crippen LogP contribution >= 0.6 is 0 Å². The van der Waals surface area contributed by atoms with Crippen molar-refractivity contribution in [1.82, 2.24) is 15.1 Å². The van der Waals surface area contributed by atoms with Crippen molar-refractivity contribution in [1.29, 1.82) is 0 Å². The molecular formula is C14H25N3. The van der Waals surface area contributed by atoms with Crippen LogP contribution in [-0.4, -0.2) is 21.9 Å². The molecule has 1 aliphatic rings. The van der Waals surface area contributed by atoms with Crippen molar-refractivity contribution in [2.24, 2.45) is 0 Å². The topological polar surface area (TPSA) is 29.9 Å². The summed E-state index contributed by atoms with van der Waals surface area (Å²) in [7, 11) is 0. The Hall–Kier alpha value is -0.830. The first kappa shape index (κ1) is 12.6. The van der Waals surface area contributed by atoms with Gasteiger partial charge in [-0.3, -0.25) is 4.68 Å². The summed E-state index contributed by atoms with van der Waals surface area (Å²) in [5.41, 5.74) is 1.49. The summed E-state index contributed by atoms with van der Waals surface area (Å²) in [6, 6.07) is 1.23. The van der Waals surface area contributed by atoms with Gasteiger partial charge < -0.3 is 5.32 Å². The molecule has 2 atom stereocenters. The summed E-state index contributed by atoms with van der Waals surface area (Å²) in [6.07, 6.45) is 6.73. The van der Waals surface area contributed by atoms with Gasteiger partial charge in [0.1, 0.15) is 0 Å². The minimum absolute atomic E-state index is 0.0857. The van der Waals surface area contributed by atoms with Crippen LogP contribution in [0.3, 0.4) is 0 Å². The highest BCUT2D eigenvalue weighted by molar-refractivity contribution is 5.14. The molecule has 17 heavy (non-hydrogen) atoms. The lowest BCUT2D eigenvalue weighted by Crippen LogP contribution is -2.41. The van der Waals surface area contributed by atoms with Crippen molar-refractivity contribution in [2.45, 2.75) is 71.0 Å². The molecular weight excluding hydrogens is 210 g/mol. The van der Waals surface area contributed by atoms with Gasteiger partial charge in [0.05, 0.1) is 11.7 Å². The maximum Gasteiger partial charge on any atom is 0.0543 e. The van der Waals surface area contributed by atoms with Gasteiger partial charge in [0, 0.05) is 18.3 Å². The van der Waals surface area contributed by atoms with Crippen LogP contribution in [0.2, 0.25) is 0 Å². The van der Waals surface area contributed by atoms with Crippen LogP contribution < -0.4 is 5.32 Å². The Morgan fingerprint density at radius 2 is 1.82 bits per heavy atom. The Bertz CT molecular complexity index is 365. The van der Waals surface area contributed by atoms with Crippen LogP contribution in [0.1, 0.15) is 58.9 Å². The van der Waals surface area contributed by atoms with Gasteiger partial charge in [-0.25, -0.2) is 0 Å². The third-order valence-corrected chi connectivity index (χ3v) is 3.61. The molecule has 0 radical (unpaired) electrons. The van der Waals surface area contributed by atoms with E-state index >= 15 is 0 Å². The first-order valence-electron chi connectivity index (χ1n) is 6.67. The van der Waals surface area contributed by atoms with Gasteiger partial charge >= 0.3 is 0 Å². The largest absolute Gasteiger partial charge is 0.312 e. The van der Waals surface area contributed by atoms with E-state index in [1.807, 2.05) is 0 Å². The van der Waals surface area contributed by atoms with Crippen LogP contribution in [-0.2, 0) is 5.54 Å². The summed E-state index contributed by atoms with van der Waals surface area (Å²) < 4.78 is 2.08. The Morgan fingerprint density at radius 1 is 1.24 bits per heavy atom. The second-order valence-corrected chi connectivity index (χ2v) is 6.53. The highest BCUT2D eigenvalue weighted by Crippen LogP contribution is 2.30. The molecule has 1 saturated heterocycles. The van der Waals surface area contributed by atoms with Gasteiger partial charge in [-0.1, -0.05) is 0 Å². The lowest BCUT2D eigenvalue weighted by atomic mass is 9.85. The van der Waals surface area contributed by atoms with E-state index < -0.39 is 0 Å². The summed E-state index contributed by atoms with van der Waals surface area (Å²) in [5.74, 6) is 0.664. The normalized spacial score (nSPS) is 30.5. The molecule has 3 nitrogen and oxygen atoms in total. The van der Waals surface area contributed by atoms with Crippen molar-refractivity contribution < 1.29 is 0 Å². The van der Waals surface area contributed by atoms with Gasteiger partial charge in [0.15, 0.2) is 0 Å². The van der Waals surface area contributed by atoms with Crippen molar-refractivity contribution >= 4 is 0 Å². The third-order valence-electron chi connectivity index (χ3n) is 3.61. The Balaban J connectivity index is 2.14. The minimum atomic E-state index is 0.0857. The average Bonchev–Trinajstić information content (AvgIpc) is 2.63. The van der Waals surface area contributed by atoms with Gasteiger partial charge in [0.25, 0.3) is 0 Å². The molecule has 1 N–H and O–H groups in total. The molecule has 2 unspecified atom stereocenters. The third kappa shape index (κ3) is 2.89. The maximum atomic E-state index is 4.51. The number of hydrogen-bond acceptors (Lipinski definition) is 2. The van der Waals surface area contributed by atoms with Gasteiger partial charge in [0.2, 0.25) is 0 Å². The zero-order valence-corrected chi connectivity index (χ0v) is 11.7. The molecule has 96 valence electrons. The maximum absolute atomic E-state index is 4.51. The minimum Gasteiger partial charge on any atom is -0.312 e. The molecule has 1 aromatic rings. The van der Waals surface area contributed by atoms with Crippen LogP contribution in [0.25, 0.3) is 0 Å². The number of aromatic nitrogens is 2. The fourth-order valence-electron chi connectivity index (χ4n) is 2.76. The predicted molar refractivity (Wildman–Crippen MR) is 71.3 cm³/mol. The van der Waals surface area contributed by atoms with Gasteiger partial charge in [-0.2, -0.15) is 5.10 Å². The van der Waals surface area contributed by atoms with E-state index in [1.165, 1.54) is 18.4 Å². The first-order valence-corrected chi connectivity index (χ1v) is 6.67. The molecule has 0 bridgehead atoms. The molecule has 2 heterocycles. The Labute approximate surface area is 105 Å². The predicted octanol–water partition coefficient (Wildman–Crippen LogP) is 2.88. The highest BCUT2D eigenvalue weighted by Gasteiger charge is 2.26. The number of hydrogen-bond donors (Lipinski definition) is 1. The van der Waals surface area contributed by atoms with Gasteiger partial charge in [-0.05, 0) is 58.9 Å². The van der Waals surface area contributed by atoms with Crippen LogP contribution in [0, 0.1) is 0 Å². The van der Waals surface area contributed by atoms with Crippen molar-refractivity contribution in [3.05, 3.63) is 18.0 Å². The molecule has 0 spiro atoms. The Kier molecular flexibility index (Phi) is 3.30. The molecule has 0 amide bonds. The summed E-state index contributed by atoms with van der Waals surface area (Å²) >= 11 is 0. The van der Waals surface area contributed by atoms with Crippen molar-refractivity contribution in [2.75, 3.05) is 0 Å². The molecule has 1 aromatic heterocycles. The van der Waals surface area contributed by atoms with Crippen LogP contribution in [0.4, 0.5) is 0 Å². The first-order chi connectivity index (χ1) is 7.86.